The van der Waals surface area contributed by atoms with Crippen LogP contribution >= 0.6 is 23.2 Å². The van der Waals surface area contributed by atoms with Gasteiger partial charge in [0.2, 0.25) is 0 Å². The van der Waals surface area contributed by atoms with Crippen molar-refractivity contribution in [1.82, 2.24) is 5.43 Å². The van der Waals surface area contributed by atoms with Gasteiger partial charge in [0, 0.05) is 0 Å². The molecule has 17 heavy (non-hydrogen) atoms. The molecule has 0 heterocycles. The minimum absolute atomic E-state index is 0.150. The normalized spacial score (nSPS) is 32.3. The van der Waals surface area contributed by atoms with E-state index in [1.54, 1.807) is 0 Å². The van der Waals surface area contributed by atoms with E-state index in [9.17, 15) is 0 Å². The van der Waals surface area contributed by atoms with Crippen molar-refractivity contribution in [3.8, 4) is 0 Å². The highest BCUT2D eigenvalue weighted by atomic mass is 35.5. The lowest BCUT2D eigenvalue weighted by atomic mass is 9.97. The minimum atomic E-state index is 0.150. The maximum atomic E-state index is 6.27. The molecule has 1 aromatic carbocycles. The maximum Gasteiger partial charge on any atom is 0.0640 e. The Morgan fingerprint density at radius 1 is 1.24 bits per heavy atom. The van der Waals surface area contributed by atoms with E-state index in [1.165, 1.54) is 19.3 Å². The van der Waals surface area contributed by atoms with Crippen molar-refractivity contribution in [1.29, 1.82) is 0 Å². The Labute approximate surface area is 111 Å². The first-order chi connectivity index (χ1) is 8.24. The summed E-state index contributed by atoms with van der Waals surface area (Å²) in [6.07, 6.45) is 4.05. The molecule has 3 N–H and O–H groups in total. The Bertz CT molecular complexity index is 425. The SMILES string of the molecule is NNC(c1cccc(Cl)c1Cl)C1C2CCCC21. The van der Waals surface area contributed by atoms with Crippen LogP contribution in [0.25, 0.3) is 0 Å². The van der Waals surface area contributed by atoms with E-state index in [-0.39, 0.29) is 6.04 Å². The highest BCUT2D eigenvalue weighted by molar-refractivity contribution is 6.42. The molecule has 0 spiro atoms. The molecule has 2 saturated carbocycles. The Balaban J connectivity index is 1.88. The Morgan fingerprint density at radius 2 is 1.94 bits per heavy atom. The van der Waals surface area contributed by atoms with E-state index in [0.29, 0.717) is 16.0 Å². The Kier molecular flexibility index (Phi) is 3.07. The van der Waals surface area contributed by atoms with Crippen LogP contribution in [0.2, 0.25) is 10.0 Å². The summed E-state index contributed by atoms with van der Waals surface area (Å²) in [6, 6.07) is 5.92. The number of hydrogen-bond donors (Lipinski definition) is 2. The molecule has 3 rings (SSSR count). The lowest BCUT2D eigenvalue weighted by Gasteiger charge is -2.20. The van der Waals surface area contributed by atoms with Gasteiger partial charge in [-0.25, -0.2) is 0 Å². The highest BCUT2D eigenvalue weighted by Crippen LogP contribution is 2.62. The Morgan fingerprint density at radius 3 is 2.59 bits per heavy atom. The van der Waals surface area contributed by atoms with Gasteiger partial charge >= 0.3 is 0 Å². The van der Waals surface area contributed by atoms with Gasteiger partial charge in [-0.2, -0.15) is 0 Å². The summed E-state index contributed by atoms with van der Waals surface area (Å²) in [5, 5.41) is 1.25. The van der Waals surface area contributed by atoms with Crippen LogP contribution in [0.1, 0.15) is 30.9 Å². The molecule has 2 aliphatic rings. The van der Waals surface area contributed by atoms with Crippen molar-refractivity contribution in [2.75, 3.05) is 0 Å². The number of fused-ring (bicyclic) bond motifs is 1. The summed E-state index contributed by atoms with van der Waals surface area (Å²) in [7, 11) is 0. The molecule has 0 saturated heterocycles. The first-order valence-corrected chi connectivity index (χ1v) is 6.89. The molecule has 1 aromatic rings. The monoisotopic (exact) mass is 270 g/mol. The first-order valence-electron chi connectivity index (χ1n) is 6.14. The van der Waals surface area contributed by atoms with Crippen LogP contribution in [0.3, 0.4) is 0 Å². The van der Waals surface area contributed by atoms with E-state index in [1.807, 2.05) is 18.2 Å². The fourth-order valence-electron chi connectivity index (χ4n) is 3.54. The minimum Gasteiger partial charge on any atom is -0.271 e. The molecule has 0 aliphatic heterocycles. The van der Waals surface area contributed by atoms with Crippen LogP contribution in [0.15, 0.2) is 18.2 Å². The second kappa shape index (κ2) is 4.43. The molecule has 2 fully saturated rings. The molecule has 0 bridgehead atoms. The number of nitrogens with one attached hydrogen (secondary N) is 1. The number of nitrogens with two attached hydrogens (primary N) is 1. The standard InChI is InChI=1S/C13H16Cl2N2/c14-10-6-2-5-9(12(10)15)13(17-16)11-7-3-1-4-8(7)11/h2,5-8,11,13,17H,1,3-4,16H2. The molecule has 4 heteroatoms. The summed E-state index contributed by atoms with van der Waals surface area (Å²) in [5.41, 5.74) is 3.98. The van der Waals surface area contributed by atoms with Gasteiger partial charge in [0.05, 0.1) is 16.1 Å². The zero-order chi connectivity index (χ0) is 12.0. The maximum absolute atomic E-state index is 6.27. The summed E-state index contributed by atoms with van der Waals surface area (Å²) in [4.78, 5) is 0. The Hall–Kier alpha value is -0.280. The fraction of sp³-hybridized carbons (Fsp3) is 0.538. The van der Waals surface area contributed by atoms with E-state index in [2.05, 4.69) is 5.43 Å². The number of rotatable bonds is 3. The van der Waals surface area contributed by atoms with Crippen LogP contribution in [-0.4, -0.2) is 0 Å². The zero-order valence-corrected chi connectivity index (χ0v) is 11.0. The number of benzene rings is 1. The lowest BCUT2D eigenvalue weighted by molar-refractivity contribution is 0.425. The van der Waals surface area contributed by atoms with Crippen molar-refractivity contribution in [2.24, 2.45) is 23.6 Å². The van der Waals surface area contributed by atoms with E-state index in [4.69, 9.17) is 29.0 Å². The predicted octanol–water partition coefficient (Wildman–Crippen LogP) is 3.54. The van der Waals surface area contributed by atoms with Crippen LogP contribution in [0.5, 0.6) is 0 Å². The quantitative estimate of drug-likeness (QED) is 0.651. The average molecular weight is 271 g/mol. The molecule has 2 aliphatic carbocycles. The van der Waals surface area contributed by atoms with Crippen LogP contribution in [-0.2, 0) is 0 Å². The molecule has 0 aromatic heterocycles. The largest absolute Gasteiger partial charge is 0.271 e. The van der Waals surface area contributed by atoms with Gasteiger partial charge < -0.3 is 0 Å². The van der Waals surface area contributed by atoms with Crippen LogP contribution < -0.4 is 11.3 Å². The number of halogens is 2. The van der Waals surface area contributed by atoms with Gasteiger partial charge in [-0.15, -0.1) is 0 Å². The van der Waals surface area contributed by atoms with Gasteiger partial charge in [-0.3, -0.25) is 11.3 Å². The lowest BCUT2D eigenvalue weighted by Crippen LogP contribution is -2.31. The third-order valence-corrected chi connectivity index (χ3v) is 5.19. The van der Waals surface area contributed by atoms with Crippen molar-refractivity contribution >= 4 is 23.2 Å². The fourth-order valence-corrected chi connectivity index (χ4v) is 3.97. The van der Waals surface area contributed by atoms with Crippen LogP contribution in [0, 0.1) is 17.8 Å². The van der Waals surface area contributed by atoms with Crippen molar-refractivity contribution in [3.63, 3.8) is 0 Å². The van der Waals surface area contributed by atoms with Gasteiger partial charge in [0.15, 0.2) is 0 Å². The highest BCUT2D eigenvalue weighted by Gasteiger charge is 2.56. The topological polar surface area (TPSA) is 38.0 Å². The molecule has 3 unspecified atom stereocenters. The number of hydrogen-bond acceptors (Lipinski definition) is 2. The second-order valence-electron chi connectivity index (χ2n) is 5.12. The molecule has 2 nitrogen and oxygen atoms in total. The predicted molar refractivity (Wildman–Crippen MR) is 70.8 cm³/mol. The van der Waals surface area contributed by atoms with Gasteiger partial charge in [-0.05, 0) is 42.2 Å². The molecule has 0 amide bonds. The molecular formula is C13H16Cl2N2. The van der Waals surface area contributed by atoms with Crippen molar-refractivity contribution in [2.45, 2.75) is 25.3 Å². The van der Waals surface area contributed by atoms with Crippen LogP contribution in [0.4, 0.5) is 0 Å². The zero-order valence-electron chi connectivity index (χ0n) is 9.50. The second-order valence-corrected chi connectivity index (χ2v) is 5.91. The van der Waals surface area contributed by atoms with Gasteiger partial charge in [-0.1, -0.05) is 41.8 Å². The third-order valence-electron chi connectivity index (χ3n) is 4.35. The first kappa shape index (κ1) is 11.8. The van der Waals surface area contributed by atoms with Crippen molar-refractivity contribution in [3.05, 3.63) is 33.8 Å². The summed E-state index contributed by atoms with van der Waals surface area (Å²) in [5.74, 6) is 8.04. The summed E-state index contributed by atoms with van der Waals surface area (Å²) in [6.45, 7) is 0. The third kappa shape index (κ3) is 1.88. The number of hydrazine groups is 1. The van der Waals surface area contributed by atoms with E-state index >= 15 is 0 Å². The average Bonchev–Trinajstić information content (AvgIpc) is 2.80. The summed E-state index contributed by atoms with van der Waals surface area (Å²) >= 11 is 12.3. The van der Waals surface area contributed by atoms with Gasteiger partial charge in [0.25, 0.3) is 0 Å². The van der Waals surface area contributed by atoms with E-state index < -0.39 is 0 Å². The van der Waals surface area contributed by atoms with Crippen molar-refractivity contribution < 1.29 is 0 Å². The molecule has 3 atom stereocenters. The summed E-state index contributed by atoms with van der Waals surface area (Å²) < 4.78 is 0. The smallest absolute Gasteiger partial charge is 0.0640 e. The molecule has 0 radical (unpaired) electrons. The van der Waals surface area contributed by atoms with Gasteiger partial charge in [0.1, 0.15) is 0 Å². The molecule has 92 valence electrons. The van der Waals surface area contributed by atoms with E-state index in [0.717, 1.165) is 17.4 Å². The molecular weight excluding hydrogens is 255 g/mol.